The molecule has 1 saturated heterocycles. The van der Waals surface area contributed by atoms with Crippen LogP contribution in [0.4, 0.5) is 5.69 Å². The average molecular weight is 247 g/mol. The summed E-state index contributed by atoms with van der Waals surface area (Å²) >= 11 is 0. The Hall–Kier alpha value is -2.17. The number of carboxylic acid groups (broad SMARTS) is 1. The predicted octanol–water partition coefficient (Wildman–Crippen LogP) is 1.33. The van der Waals surface area contributed by atoms with Crippen LogP contribution in [0.15, 0.2) is 24.3 Å². The van der Waals surface area contributed by atoms with E-state index in [2.05, 4.69) is 0 Å². The van der Waals surface area contributed by atoms with Gasteiger partial charge in [-0.15, -0.1) is 0 Å². The van der Waals surface area contributed by atoms with Crippen LogP contribution in [0.5, 0.6) is 0 Å². The number of carboxylic acids is 1. The maximum absolute atomic E-state index is 11.7. The molecule has 1 aliphatic heterocycles. The zero-order valence-electron chi connectivity index (χ0n) is 9.92. The molecule has 1 amide bonds. The van der Waals surface area contributed by atoms with Crippen LogP contribution in [0.25, 0.3) is 0 Å². The minimum absolute atomic E-state index is 0.0315. The van der Waals surface area contributed by atoms with E-state index >= 15 is 0 Å². The highest BCUT2D eigenvalue weighted by atomic mass is 16.4. The normalized spacial score (nSPS) is 19.1. The summed E-state index contributed by atoms with van der Waals surface area (Å²) in [6, 6.07) is 6.61. The zero-order chi connectivity index (χ0) is 13.3. The van der Waals surface area contributed by atoms with E-state index in [-0.39, 0.29) is 24.7 Å². The van der Waals surface area contributed by atoms with E-state index in [1.165, 1.54) is 11.8 Å². The molecule has 1 unspecified atom stereocenters. The number of nitrogens with zero attached hydrogens (tertiary/aromatic N) is 1. The van der Waals surface area contributed by atoms with Gasteiger partial charge in [0, 0.05) is 24.2 Å². The highest BCUT2D eigenvalue weighted by molar-refractivity contribution is 6.00. The second kappa shape index (κ2) is 4.60. The Morgan fingerprint density at radius 2 is 1.89 bits per heavy atom. The predicted molar refractivity (Wildman–Crippen MR) is 64.5 cm³/mol. The Labute approximate surface area is 104 Å². The average Bonchev–Trinajstić information content (AvgIpc) is 2.71. The fourth-order valence-electron chi connectivity index (χ4n) is 2.00. The van der Waals surface area contributed by atoms with Gasteiger partial charge in [-0.1, -0.05) is 0 Å². The molecule has 1 heterocycles. The van der Waals surface area contributed by atoms with E-state index in [9.17, 15) is 14.4 Å². The first-order valence-corrected chi connectivity index (χ1v) is 5.63. The number of hydrogen-bond donors (Lipinski definition) is 1. The number of benzene rings is 1. The first kappa shape index (κ1) is 12.3. The van der Waals surface area contributed by atoms with Crippen molar-refractivity contribution in [3.8, 4) is 0 Å². The molecule has 1 aromatic carbocycles. The minimum Gasteiger partial charge on any atom is -0.481 e. The molecule has 2 rings (SSSR count). The van der Waals surface area contributed by atoms with Gasteiger partial charge in [0.25, 0.3) is 0 Å². The monoisotopic (exact) mass is 247 g/mol. The molecule has 0 radical (unpaired) electrons. The van der Waals surface area contributed by atoms with E-state index in [0.29, 0.717) is 11.3 Å². The topological polar surface area (TPSA) is 74.7 Å². The summed E-state index contributed by atoms with van der Waals surface area (Å²) in [6.45, 7) is 1.66. The second-order valence-electron chi connectivity index (χ2n) is 4.35. The van der Waals surface area contributed by atoms with Crippen LogP contribution in [0.1, 0.15) is 23.7 Å². The van der Waals surface area contributed by atoms with Crippen molar-refractivity contribution in [2.75, 3.05) is 11.4 Å². The Morgan fingerprint density at radius 3 is 2.33 bits per heavy atom. The molecule has 1 N–H and O–H groups in total. The molecule has 1 aromatic rings. The van der Waals surface area contributed by atoms with Crippen LogP contribution in [0, 0.1) is 5.92 Å². The van der Waals surface area contributed by atoms with Gasteiger partial charge in [-0.2, -0.15) is 0 Å². The lowest BCUT2D eigenvalue weighted by Gasteiger charge is -2.16. The molecule has 0 saturated carbocycles. The van der Waals surface area contributed by atoms with Crippen molar-refractivity contribution < 1.29 is 19.5 Å². The van der Waals surface area contributed by atoms with E-state index in [0.717, 1.165) is 0 Å². The van der Waals surface area contributed by atoms with Gasteiger partial charge >= 0.3 is 5.97 Å². The van der Waals surface area contributed by atoms with Crippen molar-refractivity contribution in [3.05, 3.63) is 29.8 Å². The van der Waals surface area contributed by atoms with Gasteiger partial charge in [0.2, 0.25) is 5.91 Å². The van der Waals surface area contributed by atoms with Crippen LogP contribution in [-0.4, -0.2) is 29.3 Å². The summed E-state index contributed by atoms with van der Waals surface area (Å²) in [4.78, 5) is 35.1. The lowest BCUT2D eigenvalue weighted by molar-refractivity contribution is -0.141. The second-order valence-corrected chi connectivity index (χ2v) is 4.35. The third kappa shape index (κ3) is 2.25. The summed E-state index contributed by atoms with van der Waals surface area (Å²) in [7, 11) is 0. The summed E-state index contributed by atoms with van der Waals surface area (Å²) in [5.74, 6) is -1.84. The van der Waals surface area contributed by atoms with E-state index in [4.69, 9.17) is 5.11 Å². The number of carbonyl (C=O) groups excluding carboxylic acids is 2. The number of carbonyl (C=O) groups is 3. The number of amides is 1. The van der Waals surface area contributed by atoms with Crippen LogP contribution in [-0.2, 0) is 9.59 Å². The zero-order valence-corrected chi connectivity index (χ0v) is 9.92. The Kier molecular flexibility index (Phi) is 3.14. The molecule has 0 bridgehead atoms. The van der Waals surface area contributed by atoms with E-state index < -0.39 is 11.9 Å². The molecular weight excluding hydrogens is 234 g/mol. The highest BCUT2D eigenvalue weighted by Gasteiger charge is 2.34. The molecule has 1 fully saturated rings. The molecule has 94 valence electrons. The molecule has 0 aromatic heterocycles. The third-order valence-corrected chi connectivity index (χ3v) is 3.06. The summed E-state index contributed by atoms with van der Waals surface area (Å²) < 4.78 is 0. The van der Waals surface area contributed by atoms with E-state index in [1.54, 1.807) is 24.3 Å². The number of ketones is 1. The van der Waals surface area contributed by atoms with Crippen LogP contribution >= 0.6 is 0 Å². The van der Waals surface area contributed by atoms with Crippen LogP contribution in [0.2, 0.25) is 0 Å². The van der Waals surface area contributed by atoms with Crippen LogP contribution < -0.4 is 4.90 Å². The van der Waals surface area contributed by atoms with Gasteiger partial charge in [0.1, 0.15) is 0 Å². The lowest BCUT2D eigenvalue weighted by Crippen LogP contribution is -2.25. The van der Waals surface area contributed by atoms with Crippen molar-refractivity contribution >= 4 is 23.3 Å². The number of rotatable bonds is 3. The lowest BCUT2D eigenvalue weighted by atomic mass is 10.1. The standard InChI is InChI=1S/C13H13NO4/c1-8(15)9-2-4-11(5-3-9)14-7-10(13(17)18)6-12(14)16/h2-5,10H,6-7H2,1H3,(H,17,18). The number of hydrogen-bond acceptors (Lipinski definition) is 3. The van der Waals surface area contributed by atoms with Crippen molar-refractivity contribution in [3.63, 3.8) is 0 Å². The molecular formula is C13H13NO4. The van der Waals surface area contributed by atoms with Crippen molar-refractivity contribution in [2.45, 2.75) is 13.3 Å². The molecule has 5 nitrogen and oxygen atoms in total. The Balaban J connectivity index is 2.19. The van der Waals surface area contributed by atoms with Gasteiger partial charge in [0.15, 0.2) is 5.78 Å². The quantitative estimate of drug-likeness (QED) is 0.817. The maximum atomic E-state index is 11.7. The molecule has 1 atom stereocenters. The summed E-state index contributed by atoms with van der Waals surface area (Å²) in [5.41, 5.74) is 1.20. The van der Waals surface area contributed by atoms with Crippen molar-refractivity contribution in [1.82, 2.24) is 0 Å². The summed E-state index contributed by atoms with van der Waals surface area (Å²) in [6.07, 6.45) is 0.0315. The summed E-state index contributed by atoms with van der Waals surface area (Å²) in [5, 5.41) is 8.89. The first-order valence-electron chi connectivity index (χ1n) is 5.63. The van der Waals surface area contributed by atoms with Gasteiger partial charge < -0.3 is 10.0 Å². The first-order chi connectivity index (χ1) is 8.49. The number of anilines is 1. The van der Waals surface area contributed by atoms with Crippen LogP contribution in [0.3, 0.4) is 0 Å². The third-order valence-electron chi connectivity index (χ3n) is 3.06. The van der Waals surface area contributed by atoms with Gasteiger partial charge in [-0.25, -0.2) is 0 Å². The molecule has 18 heavy (non-hydrogen) atoms. The number of Topliss-reactive ketones (excluding diaryl/α,β-unsaturated/α-hetero) is 1. The van der Waals surface area contributed by atoms with Gasteiger partial charge in [-0.3, -0.25) is 14.4 Å². The Morgan fingerprint density at radius 1 is 1.28 bits per heavy atom. The molecule has 1 aliphatic rings. The molecule has 0 spiro atoms. The molecule has 0 aliphatic carbocycles. The highest BCUT2D eigenvalue weighted by Crippen LogP contribution is 2.25. The Bertz CT molecular complexity index is 506. The largest absolute Gasteiger partial charge is 0.481 e. The van der Waals surface area contributed by atoms with Gasteiger partial charge in [-0.05, 0) is 31.2 Å². The molecule has 5 heteroatoms. The van der Waals surface area contributed by atoms with Crippen molar-refractivity contribution in [1.29, 1.82) is 0 Å². The maximum Gasteiger partial charge on any atom is 0.308 e. The number of aliphatic carboxylic acids is 1. The van der Waals surface area contributed by atoms with E-state index in [1.807, 2.05) is 0 Å². The van der Waals surface area contributed by atoms with Gasteiger partial charge in [0.05, 0.1) is 5.92 Å². The minimum atomic E-state index is -0.953. The van der Waals surface area contributed by atoms with Crippen molar-refractivity contribution in [2.24, 2.45) is 5.92 Å². The smallest absolute Gasteiger partial charge is 0.308 e. The fraction of sp³-hybridized carbons (Fsp3) is 0.308. The fourth-order valence-corrected chi connectivity index (χ4v) is 2.00. The SMILES string of the molecule is CC(=O)c1ccc(N2CC(C(=O)O)CC2=O)cc1.